The summed E-state index contributed by atoms with van der Waals surface area (Å²) in [5.41, 5.74) is 1.11. The van der Waals surface area contributed by atoms with Crippen molar-refractivity contribution < 1.29 is 12.8 Å². The average Bonchev–Trinajstić information content (AvgIpc) is 3.17. The Hall–Kier alpha value is -1.64. The molecule has 0 saturated carbocycles. The van der Waals surface area contributed by atoms with Gasteiger partial charge >= 0.3 is 0 Å². The normalized spacial score (nSPS) is 23.2. The fourth-order valence-electron chi connectivity index (χ4n) is 3.30. The number of furan rings is 1. The van der Waals surface area contributed by atoms with E-state index in [0.717, 1.165) is 25.1 Å². The van der Waals surface area contributed by atoms with Crippen molar-refractivity contribution in [1.29, 1.82) is 0 Å². The van der Waals surface area contributed by atoms with E-state index in [0.29, 0.717) is 6.54 Å². The van der Waals surface area contributed by atoms with E-state index in [1.807, 2.05) is 17.8 Å². The number of piperidine rings is 1. The van der Waals surface area contributed by atoms with Crippen molar-refractivity contribution in [2.45, 2.75) is 24.0 Å². The van der Waals surface area contributed by atoms with Gasteiger partial charge in [0, 0.05) is 19.8 Å². The van der Waals surface area contributed by atoms with Crippen molar-refractivity contribution >= 4 is 10.0 Å². The molecule has 8 heteroatoms. The van der Waals surface area contributed by atoms with Crippen molar-refractivity contribution in [3.63, 3.8) is 0 Å². The molecule has 23 heavy (non-hydrogen) atoms. The van der Waals surface area contributed by atoms with Crippen LogP contribution in [0.1, 0.15) is 24.6 Å². The lowest BCUT2D eigenvalue weighted by molar-refractivity contribution is 0.117. The van der Waals surface area contributed by atoms with Gasteiger partial charge in [0.1, 0.15) is 0 Å². The second kappa shape index (κ2) is 6.46. The summed E-state index contributed by atoms with van der Waals surface area (Å²) in [5, 5.41) is -0.0428. The van der Waals surface area contributed by atoms with Crippen molar-refractivity contribution in [1.82, 2.24) is 19.2 Å². The molecule has 7 nitrogen and oxygen atoms in total. The van der Waals surface area contributed by atoms with Gasteiger partial charge < -0.3 is 8.98 Å². The van der Waals surface area contributed by atoms with Crippen LogP contribution in [-0.4, -0.2) is 43.0 Å². The number of nitrogens with one attached hydrogen (secondary N) is 1. The predicted molar refractivity (Wildman–Crippen MR) is 85.2 cm³/mol. The van der Waals surface area contributed by atoms with Gasteiger partial charge in [0.25, 0.3) is 10.0 Å². The molecular formula is C15H22N4O3S. The van der Waals surface area contributed by atoms with Gasteiger partial charge in [-0.05, 0) is 44.5 Å². The van der Waals surface area contributed by atoms with Gasteiger partial charge in [-0.15, -0.1) is 0 Å². The minimum atomic E-state index is -3.59. The van der Waals surface area contributed by atoms with Gasteiger partial charge in [-0.3, -0.25) is 4.90 Å². The summed E-state index contributed by atoms with van der Waals surface area (Å²) in [6.07, 6.45) is 7.03. The van der Waals surface area contributed by atoms with Crippen LogP contribution >= 0.6 is 0 Å². The van der Waals surface area contributed by atoms with Crippen LogP contribution in [0.25, 0.3) is 0 Å². The number of likely N-dealkylation sites (tertiary alicyclic amines) is 1. The maximum atomic E-state index is 12.2. The first-order valence-corrected chi connectivity index (χ1v) is 9.17. The van der Waals surface area contributed by atoms with E-state index in [1.165, 1.54) is 12.3 Å². The Labute approximate surface area is 136 Å². The molecule has 1 saturated heterocycles. The number of nitrogens with zero attached hydrogens (tertiary/aromatic N) is 3. The summed E-state index contributed by atoms with van der Waals surface area (Å²) in [7, 11) is 0.448. The Morgan fingerprint density at radius 1 is 1.43 bits per heavy atom. The zero-order valence-electron chi connectivity index (χ0n) is 13.3. The molecule has 1 aliphatic rings. The lowest BCUT2D eigenvalue weighted by atomic mass is 9.87. The molecule has 0 spiro atoms. The van der Waals surface area contributed by atoms with Gasteiger partial charge in [-0.1, -0.05) is 0 Å². The highest BCUT2D eigenvalue weighted by atomic mass is 32.2. The number of rotatable bonds is 5. The molecule has 2 atom stereocenters. The Kier molecular flexibility index (Phi) is 4.56. The number of imidazole rings is 1. The lowest BCUT2D eigenvalue weighted by Gasteiger charge is -2.39. The number of hydrogen-bond acceptors (Lipinski definition) is 5. The molecule has 1 fully saturated rings. The van der Waals surface area contributed by atoms with Crippen LogP contribution in [0.5, 0.6) is 0 Å². The van der Waals surface area contributed by atoms with Crippen LogP contribution in [0, 0.1) is 5.92 Å². The molecular weight excluding hydrogens is 316 g/mol. The molecule has 2 aromatic heterocycles. The molecule has 0 aliphatic carbocycles. The summed E-state index contributed by atoms with van der Waals surface area (Å²) in [6, 6.07) is 3.17. The lowest BCUT2D eigenvalue weighted by Crippen LogP contribution is -2.42. The fourth-order valence-corrected chi connectivity index (χ4v) is 4.31. The third-order valence-corrected chi connectivity index (χ3v) is 5.77. The molecule has 2 aromatic rings. The smallest absolute Gasteiger partial charge is 0.273 e. The first kappa shape index (κ1) is 16.2. The van der Waals surface area contributed by atoms with Gasteiger partial charge in [-0.25, -0.2) is 18.1 Å². The molecule has 0 amide bonds. The minimum absolute atomic E-state index is 0.0428. The minimum Gasteiger partial charge on any atom is -0.452 e. The highest BCUT2D eigenvalue weighted by Crippen LogP contribution is 2.34. The molecule has 3 heterocycles. The summed E-state index contributed by atoms with van der Waals surface area (Å²) < 4.78 is 34.2. The Morgan fingerprint density at radius 2 is 2.26 bits per heavy atom. The van der Waals surface area contributed by atoms with E-state index in [1.54, 1.807) is 12.4 Å². The summed E-state index contributed by atoms with van der Waals surface area (Å²) in [6.45, 7) is 1.38. The third-order valence-electron chi connectivity index (χ3n) is 4.46. The van der Waals surface area contributed by atoms with E-state index in [-0.39, 0.29) is 17.1 Å². The van der Waals surface area contributed by atoms with Crippen molar-refractivity contribution in [3.05, 3.63) is 36.6 Å². The largest absolute Gasteiger partial charge is 0.452 e. The third kappa shape index (κ3) is 3.34. The number of sulfonamides is 1. The van der Waals surface area contributed by atoms with Gasteiger partial charge in [0.05, 0.1) is 24.3 Å². The molecule has 3 rings (SSSR count). The quantitative estimate of drug-likeness (QED) is 0.891. The van der Waals surface area contributed by atoms with Crippen molar-refractivity contribution in [2.75, 3.05) is 20.1 Å². The number of aromatic nitrogens is 2. The fraction of sp³-hybridized carbons (Fsp3) is 0.533. The van der Waals surface area contributed by atoms with Gasteiger partial charge in [0.15, 0.2) is 0 Å². The molecule has 126 valence electrons. The van der Waals surface area contributed by atoms with E-state index >= 15 is 0 Å². The van der Waals surface area contributed by atoms with Crippen molar-refractivity contribution in [3.8, 4) is 0 Å². The van der Waals surface area contributed by atoms with Crippen LogP contribution in [0.4, 0.5) is 0 Å². The van der Waals surface area contributed by atoms with E-state index < -0.39 is 10.0 Å². The Morgan fingerprint density at radius 3 is 2.91 bits per heavy atom. The summed E-state index contributed by atoms with van der Waals surface area (Å²) in [4.78, 5) is 6.47. The topological polar surface area (TPSA) is 80.4 Å². The second-order valence-corrected chi connectivity index (χ2v) is 7.74. The van der Waals surface area contributed by atoms with Crippen LogP contribution in [0.2, 0.25) is 0 Å². The summed E-state index contributed by atoms with van der Waals surface area (Å²) >= 11 is 0. The maximum absolute atomic E-state index is 12.2. The predicted octanol–water partition coefficient (Wildman–Crippen LogP) is 1.37. The zero-order valence-corrected chi connectivity index (χ0v) is 14.2. The van der Waals surface area contributed by atoms with Gasteiger partial charge in [-0.2, -0.15) is 0 Å². The zero-order chi connectivity index (χ0) is 16.4. The van der Waals surface area contributed by atoms with Crippen LogP contribution in [0.15, 0.2) is 40.4 Å². The summed E-state index contributed by atoms with van der Waals surface area (Å²) in [5.74, 6) is 0.189. The monoisotopic (exact) mass is 338 g/mol. The molecule has 1 aliphatic heterocycles. The molecule has 0 bridgehead atoms. The van der Waals surface area contributed by atoms with E-state index in [4.69, 9.17) is 4.42 Å². The second-order valence-electron chi connectivity index (χ2n) is 6.04. The molecule has 0 aromatic carbocycles. The Balaban J connectivity index is 1.76. The first-order valence-electron chi connectivity index (χ1n) is 7.68. The van der Waals surface area contributed by atoms with Crippen LogP contribution < -0.4 is 4.72 Å². The van der Waals surface area contributed by atoms with E-state index in [9.17, 15) is 8.42 Å². The van der Waals surface area contributed by atoms with Crippen LogP contribution in [0.3, 0.4) is 0 Å². The Bertz CT molecular complexity index is 739. The number of hydrogen-bond donors (Lipinski definition) is 1. The number of aryl methyl sites for hydroxylation is 1. The van der Waals surface area contributed by atoms with E-state index in [2.05, 4.69) is 21.7 Å². The average molecular weight is 338 g/mol. The maximum Gasteiger partial charge on any atom is 0.273 e. The molecule has 0 unspecified atom stereocenters. The van der Waals surface area contributed by atoms with Crippen LogP contribution in [-0.2, 0) is 17.1 Å². The highest BCUT2D eigenvalue weighted by molar-refractivity contribution is 7.89. The van der Waals surface area contributed by atoms with Gasteiger partial charge in [0.2, 0.25) is 5.09 Å². The standard InChI is InChI=1S/C15H22N4O3S/c1-18-7-3-5-12(15(18)13-10-16-11-19(13)2)9-17-23(20,21)14-6-4-8-22-14/h4,6,8,10-12,15,17H,3,5,7,9H2,1-2H3/t12-,15+/m0/s1. The first-order chi connectivity index (χ1) is 11.0. The molecule has 0 radical (unpaired) electrons. The highest BCUT2D eigenvalue weighted by Gasteiger charge is 2.33. The molecule has 1 N–H and O–H groups in total. The SMILES string of the molecule is CN1CCC[C@@H](CNS(=O)(=O)c2ccco2)[C@@H]1c1cncn1C. The van der Waals surface area contributed by atoms with Crippen molar-refractivity contribution in [2.24, 2.45) is 13.0 Å².